The number of β-amino-alcohol motifs (C(OH)–C–C–N with tert-alkyl or cyclic N) is 1. The van der Waals surface area contributed by atoms with Crippen LogP contribution in [0, 0.1) is 5.82 Å². The van der Waals surface area contributed by atoms with E-state index < -0.39 is 46.2 Å². The predicted octanol–water partition coefficient (Wildman–Crippen LogP) is 0.598. The fraction of sp³-hybridized carbons (Fsp3) is 0.588. The number of aliphatic hydroxyl groups excluding tert-OH is 1. The number of sulfonamides is 1. The first-order valence-corrected chi connectivity index (χ1v) is 10.1. The molecular weight excluding hydrogens is 381 g/mol. The standard InChI is InChI=1S/C17H22FNO7S/c18-11-1-4-14(5-2-11)27(23,24)19-8-12(20)9-25-10-16-15(19)6-3-13(26-16)7-17(21)22/h1-2,4-5,12-13,15-16,20H,3,6-10H2,(H,21,22)/t12-,13+,15+,16-/m1/s1. The molecule has 0 saturated carbocycles. The molecule has 2 saturated heterocycles. The molecule has 0 amide bonds. The van der Waals surface area contributed by atoms with Crippen LogP contribution in [0.15, 0.2) is 29.2 Å². The van der Waals surface area contributed by atoms with Crippen LogP contribution in [0.4, 0.5) is 4.39 Å². The summed E-state index contributed by atoms with van der Waals surface area (Å²) in [5, 5.41) is 19.1. The summed E-state index contributed by atoms with van der Waals surface area (Å²) in [4.78, 5) is 10.9. The number of ether oxygens (including phenoxy) is 2. The maximum absolute atomic E-state index is 13.2. The number of rotatable bonds is 4. The quantitative estimate of drug-likeness (QED) is 0.757. The van der Waals surface area contributed by atoms with Crippen LogP contribution in [0.25, 0.3) is 0 Å². The molecular formula is C17H22FNO7S. The lowest BCUT2D eigenvalue weighted by Crippen LogP contribution is -2.57. The van der Waals surface area contributed by atoms with Gasteiger partial charge in [-0.25, -0.2) is 12.8 Å². The number of carboxylic acids is 1. The lowest BCUT2D eigenvalue weighted by Gasteiger charge is -2.43. The van der Waals surface area contributed by atoms with Crippen LogP contribution in [0.2, 0.25) is 0 Å². The summed E-state index contributed by atoms with van der Waals surface area (Å²) in [5.41, 5.74) is 0. The van der Waals surface area contributed by atoms with E-state index in [9.17, 15) is 22.7 Å². The van der Waals surface area contributed by atoms with Crippen molar-refractivity contribution in [3.63, 3.8) is 0 Å². The Bertz CT molecular complexity index is 770. The maximum atomic E-state index is 13.2. The average Bonchev–Trinajstić information content (AvgIpc) is 2.58. The smallest absolute Gasteiger partial charge is 0.305 e. The van der Waals surface area contributed by atoms with Crippen molar-refractivity contribution >= 4 is 16.0 Å². The number of aliphatic hydroxyl groups is 1. The number of carboxylic acid groups (broad SMARTS) is 1. The SMILES string of the molecule is O=C(O)C[C@@H]1CC[C@H]2[C@@H](COC[C@H](O)CN2S(=O)(=O)c2ccc(F)cc2)O1. The van der Waals surface area contributed by atoms with Gasteiger partial charge in [-0.05, 0) is 37.1 Å². The third-order valence-electron chi connectivity index (χ3n) is 4.76. The Morgan fingerprint density at radius 3 is 2.59 bits per heavy atom. The number of nitrogens with zero attached hydrogens (tertiary/aromatic N) is 1. The van der Waals surface area contributed by atoms with Gasteiger partial charge in [0.2, 0.25) is 10.0 Å². The van der Waals surface area contributed by atoms with E-state index in [0.717, 1.165) is 12.1 Å². The highest BCUT2D eigenvalue weighted by Gasteiger charge is 2.43. The van der Waals surface area contributed by atoms with Crippen LogP contribution in [0.5, 0.6) is 0 Å². The van der Waals surface area contributed by atoms with Gasteiger partial charge in [-0.1, -0.05) is 0 Å². The molecule has 150 valence electrons. The minimum atomic E-state index is -4.01. The number of aliphatic carboxylic acids is 1. The molecule has 2 N–H and O–H groups in total. The molecule has 0 spiro atoms. The molecule has 1 aromatic carbocycles. The second-order valence-corrected chi connectivity index (χ2v) is 8.65. The topological polar surface area (TPSA) is 113 Å². The van der Waals surface area contributed by atoms with E-state index in [2.05, 4.69) is 0 Å². The van der Waals surface area contributed by atoms with Gasteiger partial charge in [0.15, 0.2) is 0 Å². The molecule has 27 heavy (non-hydrogen) atoms. The van der Waals surface area contributed by atoms with E-state index in [1.165, 1.54) is 16.4 Å². The number of halogens is 1. The summed E-state index contributed by atoms with van der Waals surface area (Å²) in [6.07, 6.45) is -1.61. The van der Waals surface area contributed by atoms with Crippen LogP contribution in [0.1, 0.15) is 19.3 Å². The summed E-state index contributed by atoms with van der Waals surface area (Å²) < 4.78 is 51.8. The second kappa shape index (κ2) is 8.19. The number of hydrogen-bond acceptors (Lipinski definition) is 6. The van der Waals surface area contributed by atoms with Gasteiger partial charge in [0, 0.05) is 6.54 Å². The summed E-state index contributed by atoms with van der Waals surface area (Å²) >= 11 is 0. The summed E-state index contributed by atoms with van der Waals surface area (Å²) in [6.45, 7) is -0.202. The largest absolute Gasteiger partial charge is 0.481 e. The van der Waals surface area contributed by atoms with Crippen molar-refractivity contribution in [1.82, 2.24) is 4.31 Å². The summed E-state index contributed by atoms with van der Waals surface area (Å²) in [6, 6.07) is 3.87. The van der Waals surface area contributed by atoms with Gasteiger partial charge in [0.05, 0.1) is 48.9 Å². The van der Waals surface area contributed by atoms with E-state index in [1.54, 1.807) is 0 Å². The molecule has 0 radical (unpaired) electrons. The molecule has 1 aromatic rings. The normalized spacial score (nSPS) is 30.1. The molecule has 8 nitrogen and oxygen atoms in total. The number of hydrogen-bond donors (Lipinski definition) is 2. The van der Waals surface area contributed by atoms with E-state index in [4.69, 9.17) is 14.6 Å². The molecule has 0 bridgehead atoms. The van der Waals surface area contributed by atoms with Crippen molar-refractivity contribution in [2.75, 3.05) is 19.8 Å². The fourth-order valence-electron chi connectivity index (χ4n) is 3.51. The van der Waals surface area contributed by atoms with Crippen molar-refractivity contribution in [1.29, 1.82) is 0 Å². The molecule has 2 fully saturated rings. The third-order valence-corrected chi connectivity index (χ3v) is 6.66. The number of benzene rings is 1. The van der Waals surface area contributed by atoms with Crippen molar-refractivity contribution < 1.29 is 37.3 Å². The highest BCUT2D eigenvalue weighted by atomic mass is 32.2. The minimum absolute atomic E-state index is 0.0489. The van der Waals surface area contributed by atoms with Crippen molar-refractivity contribution in [3.8, 4) is 0 Å². The van der Waals surface area contributed by atoms with Gasteiger partial charge in [0.1, 0.15) is 5.82 Å². The Hall–Kier alpha value is -1.59. The van der Waals surface area contributed by atoms with E-state index in [1.807, 2.05) is 0 Å². The van der Waals surface area contributed by atoms with Gasteiger partial charge in [-0.15, -0.1) is 0 Å². The zero-order valence-electron chi connectivity index (χ0n) is 14.5. The zero-order chi connectivity index (χ0) is 19.6. The van der Waals surface area contributed by atoms with Gasteiger partial charge < -0.3 is 19.7 Å². The van der Waals surface area contributed by atoms with Crippen LogP contribution in [-0.4, -0.2) is 73.0 Å². The maximum Gasteiger partial charge on any atom is 0.305 e. The van der Waals surface area contributed by atoms with Crippen molar-refractivity contribution in [2.24, 2.45) is 0 Å². The van der Waals surface area contributed by atoms with Gasteiger partial charge >= 0.3 is 5.97 Å². The van der Waals surface area contributed by atoms with E-state index in [-0.39, 0.29) is 31.1 Å². The van der Waals surface area contributed by atoms with Crippen molar-refractivity contribution in [3.05, 3.63) is 30.1 Å². The first-order valence-electron chi connectivity index (χ1n) is 8.68. The number of fused-ring (bicyclic) bond motifs is 1. The molecule has 0 unspecified atom stereocenters. The lowest BCUT2D eigenvalue weighted by atomic mass is 9.96. The Morgan fingerprint density at radius 2 is 1.93 bits per heavy atom. The fourth-order valence-corrected chi connectivity index (χ4v) is 5.22. The third kappa shape index (κ3) is 4.64. The monoisotopic (exact) mass is 403 g/mol. The Kier molecular flexibility index (Phi) is 6.11. The molecule has 2 aliphatic rings. The van der Waals surface area contributed by atoms with E-state index >= 15 is 0 Å². The van der Waals surface area contributed by atoms with Crippen molar-refractivity contribution in [2.45, 2.75) is 48.5 Å². The summed E-state index contributed by atoms with van der Waals surface area (Å²) in [5.74, 6) is -1.54. The second-order valence-electron chi connectivity index (χ2n) is 6.76. The molecule has 0 aliphatic carbocycles. The highest BCUT2D eigenvalue weighted by Crippen LogP contribution is 2.31. The lowest BCUT2D eigenvalue weighted by molar-refractivity contribution is -0.155. The molecule has 2 heterocycles. The Morgan fingerprint density at radius 1 is 1.22 bits per heavy atom. The Balaban J connectivity index is 1.89. The van der Waals surface area contributed by atoms with Crippen LogP contribution >= 0.6 is 0 Å². The van der Waals surface area contributed by atoms with Gasteiger partial charge in [-0.3, -0.25) is 4.79 Å². The molecule has 2 aliphatic heterocycles. The van der Waals surface area contributed by atoms with Gasteiger partial charge in [-0.2, -0.15) is 4.31 Å². The number of carbonyl (C=O) groups is 1. The highest BCUT2D eigenvalue weighted by molar-refractivity contribution is 7.89. The van der Waals surface area contributed by atoms with Crippen LogP contribution in [-0.2, 0) is 24.3 Å². The Labute approximate surface area is 156 Å². The molecule has 3 rings (SSSR count). The first-order chi connectivity index (χ1) is 12.8. The van der Waals surface area contributed by atoms with Crippen LogP contribution in [0.3, 0.4) is 0 Å². The first kappa shape index (κ1) is 20.2. The molecule has 0 aromatic heterocycles. The molecule has 10 heteroatoms. The molecule has 4 atom stereocenters. The predicted molar refractivity (Wildman–Crippen MR) is 91.1 cm³/mol. The van der Waals surface area contributed by atoms with E-state index in [0.29, 0.717) is 12.8 Å². The summed E-state index contributed by atoms with van der Waals surface area (Å²) in [7, 11) is -4.01. The zero-order valence-corrected chi connectivity index (χ0v) is 15.3. The van der Waals surface area contributed by atoms with Crippen LogP contribution < -0.4 is 0 Å². The average molecular weight is 403 g/mol. The minimum Gasteiger partial charge on any atom is -0.481 e. The van der Waals surface area contributed by atoms with Gasteiger partial charge in [0.25, 0.3) is 0 Å².